The second kappa shape index (κ2) is 10.9. The van der Waals surface area contributed by atoms with E-state index in [1.54, 1.807) is 48.7 Å². The summed E-state index contributed by atoms with van der Waals surface area (Å²) in [6, 6.07) is 23.8. The summed E-state index contributed by atoms with van der Waals surface area (Å²) < 4.78 is 41.0. The smallest absolute Gasteiger partial charge is 0.243 e. The van der Waals surface area contributed by atoms with E-state index in [4.69, 9.17) is 0 Å². The summed E-state index contributed by atoms with van der Waals surface area (Å²) in [5.41, 5.74) is 1.43. The van der Waals surface area contributed by atoms with E-state index in [9.17, 15) is 17.9 Å². The van der Waals surface area contributed by atoms with Crippen molar-refractivity contribution in [2.45, 2.75) is 29.8 Å². The van der Waals surface area contributed by atoms with E-state index in [1.807, 2.05) is 30.3 Å². The molecule has 3 N–H and O–H groups in total. The van der Waals surface area contributed by atoms with Gasteiger partial charge in [0.15, 0.2) is 0 Å². The molecule has 196 valence electrons. The highest BCUT2D eigenvalue weighted by Crippen LogP contribution is 2.30. The molecule has 5 rings (SSSR count). The van der Waals surface area contributed by atoms with Crippen molar-refractivity contribution in [2.24, 2.45) is 0 Å². The summed E-state index contributed by atoms with van der Waals surface area (Å²) in [5, 5.41) is 17.2. The molecule has 1 aromatic heterocycles. The number of nitrogens with zero attached hydrogens (tertiary/aromatic N) is 3. The first-order valence-electron chi connectivity index (χ1n) is 12.3. The number of aromatic nitrogens is 2. The maximum absolute atomic E-state index is 13.2. The number of benzene rings is 3. The molecule has 0 spiro atoms. The van der Waals surface area contributed by atoms with Crippen LogP contribution >= 0.6 is 0 Å². The van der Waals surface area contributed by atoms with E-state index in [0.29, 0.717) is 42.4 Å². The van der Waals surface area contributed by atoms with Crippen LogP contribution in [-0.4, -0.2) is 46.5 Å². The van der Waals surface area contributed by atoms with E-state index >= 15 is 0 Å². The van der Waals surface area contributed by atoms with Gasteiger partial charge in [-0.2, -0.15) is 9.29 Å². The standard InChI is InChI=1S/C28H28FN5O3S/c29-22-6-8-23(9-7-22)31-26-14-17-30-27(33-26)32-24-10-12-25(13-11-24)38(36,37)34-18-15-28(35,16-19-34)20-21-4-2-1-3-5-21/h1-14,17,35H,15-16,18-20H2,(H2,30,31,32,33). The molecule has 2 heterocycles. The molecule has 3 aromatic carbocycles. The Labute approximate surface area is 221 Å². The van der Waals surface area contributed by atoms with Crippen molar-refractivity contribution < 1.29 is 17.9 Å². The van der Waals surface area contributed by atoms with Gasteiger partial charge < -0.3 is 15.7 Å². The molecule has 8 nitrogen and oxygen atoms in total. The summed E-state index contributed by atoms with van der Waals surface area (Å²) in [7, 11) is -3.69. The predicted octanol–water partition coefficient (Wildman–Crippen LogP) is 4.86. The minimum atomic E-state index is -3.69. The third kappa shape index (κ3) is 6.16. The summed E-state index contributed by atoms with van der Waals surface area (Å²) in [6.07, 6.45) is 2.83. The van der Waals surface area contributed by atoms with Crippen molar-refractivity contribution in [1.82, 2.24) is 14.3 Å². The number of anilines is 4. The monoisotopic (exact) mass is 533 g/mol. The maximum Gasteiger partial charge on any atom is 0.243 e. The van der Waals surface area contributed by atoms with Crippen LogP contribution < -0.4 is 10.6 Å². The zero-order chi connectivity index (χ0) is 26.6. The van der Waals surface area contributed by atoms with Crippen molar-refractivity contribution in [3.05, 3.63) is 103 Å². The number of hydrogen-bond acceptors (Lipinski definition) is 7. The van der Waals surface area contributed by atoms with Crippen molar-refractivity contribution in [3.8, 4) is 0 Å². The summed E-state index contributed by atoms with van der Waals surface area (Å²) in [5.74, 6) is 0.517. The minimum absolute atomic E-state index is 0.184. The molecule has 0 radical (unpaired) electrons. The van der Waals surface area contributed by atoms with Crippen LogP contribution in [0.25, 0.3) is 0 Å². The van der Waals surface area contributed by atoms with Gasteiger partial charge in [0.2, 0.25) is 16.0 Å². The van der Waals surface area contributed by atoms with Crippen LogP contribution in [0, 0.1) is 5.82 Å². The number of hydrogen-bond donors (Lipinski definition) is 3. The highest BCUT2D eigenvalue weighted by atomic mass is 32.2. The van der Waals surface area contributed by atoms with Crippen LogP contribution in [0.5, 0.6) is 0 Å². The molecule has 0 aliphatic carbocycles. The molecule has 0 saturated carbocycles. The Morgan fingerprint density at radius 2 is 1.50 bits per heavy atom. The molecular weight excluding hydrogens is 505 g/mol. The van der Waals surface area contributed by atoms with Crippen LogP contribution in [0.3, 0.4) is 0 Å². The lowest BCUT2D eigenvalue weighted by Gasteiger charge is -2.37. The molecule has 0 bridgehead atoms. The fourth-order valence-corrected chi connectivity index (χ4v) is 5.89. The van der Waals surface area contributed by atoms with Gasteiger partial charge in [-0.15, -0.1) is 0 Å². The lowest BCUT2D eigenvalue weighted by Crippen LogP contribution is -2.47. The normalized spacial score (nSPS) is 15.6. The molecule has 1 aliphatic rings. The lowest BCUT2D eigenvalue weighted by molar-refractivity contribution is -0.00441. The Balaban J connectivity index is 1.20. The number of nitrogens with one attached hydrogen (secondary N) is 2. The van der Waals surface area contributed by atoms with Crippen molar-refractivity contribution >= 4 is 33.2 Å². The van der Waals surface area contributed by atoms with Gasteiger partial charge in [0, 0.05) is 37.1 Å². The number of rotatable bonds is 8. The van der Waals surface area contributed by atoms with E-state index in [1.165, 1.54) is 16.4 Å². The van der Waals surface area contributed by atoms with E-state index in [-0.39, 0.29) is 23.8 Å². The van der Waals surface area contributed by atoms with Crippen molar-refractivity contribution in [2.75, 3.05) is 23.7 Å². The molecule has 1 saturated heterocycles. The van der Waals surface area contributed by atoms with Gasteiger partial charge in [-0.05, 0) is 73.0 Å². The molecule has 10 heteroatoms. The van der Waals surface area contributed by atoms with Crippen LogP contribution in [0.2, 0.25) is 0 Å². The molecule has 38 heavy (non-hydrogen) atoms. The quantitative estimate of drug-likeness (QED) is 0.297. The Bertz CT molecular complexity index is 1480. The zero-order valence-corrected chi connectivity index (χ0v) is 21.4. The Morgan fingerprint density at radius 3 is 2.18 bits per heavy atom. The molecule has 1 fully saturated rings. The highest BCUT2D eigenvalue weighted by Gasteiger charge is 2.37. The van der Waals surface area contributed by atoms with E-state index in [0.717, 1.165) is 5.56 Å². The lowest BCUT2D eigenvalue weighted by atomic mass is 9.86. The second-order valence-electron chi connectivity index (χ2n) is 9.34. The summed E-state index contributed by atoms with van der Waals surface area (Å²) in [6.45, 7) is 0.515. The fourth-order valence-electron chi connectivity index (χ4n) is 4.45. The predicted molar refractivity (Wildman–Crippen MR) is 145 cm³/mol. The first-order chi connectivity index (χ1) is 18.3. The Hall–Kier alpha value is -3.86. The average Bonchev–Trinajstić information content (AvgIpc) is 2.91. The largest absolute Gasteiger partial charge is 0.389 e. The van der Waals surface area contributed by atoms with Gasteiger partial charge in [-0.1, -0.05) is 30.3 Å². The second-order valence-corrected chi connectivity index (χ2v) is 11.3. The average molecular weight is 534 g/mol. The number of sulfonamides is 1. The van der Waals surface area contributed by atoms with Gasteiger partial charge >= 0.3 is 0 Å². The van der Waals surface area contributed by atoms with Gasteiger partial charge in [0.25, 0.3) is 0 Å². The first kappa shape index (κ1) is 25.8. The first-order valence-corrected chi connectivity index (χ1v) is 13.7. The van der Waals surface area contributed by atoms with Gasteiger partial charge in [-0.3, -0.25) is 0 Å². The van der Waals surface area contributed by atoms with Crippen LogP contribution in [-0.2, 0) is 16.4 Å². The number of aliphatic hydroxyl groups is 1. The van der Waals surface area contributed by atoms with Gasteiger partial charge in [0.05, 0.1) is 10.5 Å². The zero-order valence-electron chi connectivity index (χ0n) is 20.6. The summed E-state index contributed by atoms with van der Waals surface area (Å²) >= 11 is 0. The summed E-state index contributed by atoms with van der Waals surface area (Å²) in [4.78, 5) is 8.79. The minimum Gasteiger partial charge on any atom is -0.389 e. The number of halogens is 1. The van der Waals surface area contributed by atoms with Crippen LogP contribution in [0.4, 0.5) is 27.5 Å². The van der Waals surface area contributed by atoms with Crippen LogP contribution in [0.1, 0.15) is 18.4 Å². The molecule has 0 unspecified atom stereocenters. The van der Waals surface area contributed by atoms with Crippen molar-refractivity contribution in [3.63, 3.8) is 0 Å². The Kier molecular flexibility index (Phi) is 7.37. The van der Waals surface area contributed by atoms with E-state index in [2.05, 4.69) is 20.6 Å². The molecule has 1 aliphatic heterocycles. The molecular formula is C28H28FN5O3S. The molecule has 4 aromatic rings. The third-order valence-corrected chi connectivity index (χ3v) is 8.46. The van der Waals surface area contributed by atoms with Crippen molar-refractivity contribution in [1.29, 1.82) is 0 Å². The Morgan fingerprint density at radius 1 is 0.868 bits per heavy atom. The highest BCUT2D eigenvalue weighted by molar-refractivity contribution is 7.89. The SMILES string of the molecule is O=S(=O)(c1ccc(Nc2nccc(Nc3ccc(F)cc3)n2)cc1)N1CCC(O)(Cc2ccccc2)CC1. The topological polar surface area (TPSA) is 107 Å². The van der Waals surface area contributed by atoms with E-state index < -0.39 is 15.6 Å². The number of piperidine rings is 1. The van der Waals surface area contributed by atoms with Crippen LogP contribution in [0.15, 0.2) is 96.0 Å². The van der Waals surface area contributed by atoms with Gasteiger partial charge in [0.1, 0.15) is 11.6 Å². The fraction of sp³-hybridized carbons (Fsp3) is 0.214. The third-order valence-electron chi connectivity index (χ3n) is 6.55. The van der Waals surface area contributed by atoms with Gasteiger partial charge in [-0.25, -0.2) is 17.8 Å². The maximum atomic E-state index is 13.2. The molecule has 0 amide bonds. The molecule has 0 atom stereocenters.